The zero-order valence-electron chi connectivity index (χ0n) is 15.7. The lowest BCUT2D eigenvalue weighted by Crippen LogP contribution is -3.00. The van der Waals surface area contributed by atoms with Gasteiger partial charge in [-0.2, -0.15) is 0 Å². The van der Waals surface area contributed by atoms with Gasteiger partial charge in [0.15, 0.2) is 0 Å². The summed E-state index contributed by atoms with van der Waals surface area (Å²) in [6.07, 6.45) is 12.0. The predicted octanol–water partition coefficient (Wildman–Crippen LogP) is 0.243. The lowest BCUT2D eigenvalue weighted by Gasteiger charge is -2.31. The molecule has 0 aromatic rings. The third-order valence-corrected chi connectivity index (χ3v) is 3.92. The van der Waals surface area contributed by atoms with Crippen LogP contribution in [-0.4, -0.2) is 36.0 Å². The third kappa shape index (κ3) is 16.5. The minimum absolute atomic E-state index is 0. The second-order valence-electron chi connectivity index (χ2n) is 6.33. The molecule has 0 bridgehead atoms. The fourth-order valence-corrected chi connectivity index (χ4v) is 2.54. The number of rotatable bonds is 12. The summed E-state index contributed by atoms with van der Waals surface area (Å²) < 4.78 is 0. The minimum Gasteiger partial charge on any atom is -1.00 e. The Morgan fingerprint density at radius 1 is 0.818 bits per heavy atom. The molecule has 0 aliphatic heterocycles. The van der Waals surface area contributed by atoms with E-state index in [-0.39, 0.29) is 12.4 Å². The molecular formula is C18H42ClNO2. The largest absolute Gasteiger partial charge is 1.00 e. The van der Waals surface area contributed by atoms with Gasteiger partial charge in [-0.15, -0.1) is 0 Å². The van der Waals surface area contributed by atoms with Crippen molar-refractivity contribution < 1.29 is 27.9 Å². The molecule has 2 unspecified atom stereocenters. The van der Waals surface area contributed by atoms with Crippen molar-refractivity contribution in [3.63, 3.8) is 0 Å². The van der Waals surface area contributed by atoms with Crippen LogP contribution >= 0.6 is 0 Å². The Morgan fingerprint density at radius 3 is 1.59 bits per heavy atom. The van der Waals surface area contributed by atoms with Gasteiger partial charge in [-0.25, -0.2) is 0 Å². The second kappa shape index (κ2) is 19.2. The van der Waals surface area contributed by atoms with Gasteiger partial charge in [0.25, 0.3) is 0 Å². The van der Waals surface area contributed by atoms with Gasteiger partial charge >= 0.3 is 0 Å². The van der Waals surface area contributed by atoms with E-state index >= 15 is 0 Å². The maximum atomic E-state index is 10.3. The highest BCUT2D eigenvalue weighted by molar-refractivity contribution is 4.83. The van der Waals surface area contributed by atoms with Crippen LogP contribution in [0, 0.1) is 0 Å². The smallest absolute Gasteiger partial charge is 0.0902 e. The zero-order valence-corrected chi connectivity index (χ0v) is 16.5. The van der Waals surface area contributed by atoms with Crippen LogP contribution < -0.4 is 17.7 Å². The summed E-state index contributed by atoms with van der Waals surface area (Å²) in [5, 5.41) is 22.0. The zero-order chi connectivity index (χ0) is 16.6. The molecule has 0 heterocycles. The van der Waals surface area contributed by atoms with Crippen molar-refractivity contribution in [2.45, 2.75) is 103 Å². The van der Waals surface area contributed by atoms with Gasteiger partial charge in [-0.3, -0.25) is 0 Å². The molecule has 0 radical (unpaired) electrons. The average Bonchev–Trinajstić information content (AvgIpc) is 2.43. The van der Waals surface area contributed by atoms with E-state index in [1.165, 1.54) is 44.9 Å². The number of hydrogen-bond acceptors (Lipinski definition) is 2. The standard InChI is InChI=1S/C16H34O2.C2H7N.ClH/c1-4-6-7-8-9-10-11-12-14-16(18,13-5-2)15(3)17;1-3-2;/h15,17-18H,4-14H2,1-3H3;3H,1-2H3;1H. The van der Waals surface area contributed by atoms with Crippen LogP contribution in [0.2, 0.25) is 0 Å². The van der Waals surface area contributed by atoms with Crippen molar-refractivity contribution in [3.8, 4) is 0 Å². The number of quaternary nitrogens is 1. The van der Waals surface area contributed by atoms with Crippen molar-refractivity contribution in [3.05, 3.63) is 0 Å². The summed E-state index contributed by atoms with van der Waals surface area (Å²) in [5.41, 5.74) is -0.850. The number of unbranched alkanes of at least 4 members (excludes halogenated alkanes) is 7. The van der Waals surface area contributed by atoms with Crippen molar-refractivity contribution >= 4 is 0 Å². The molecule has 0 rings (SSSR count). The van der Waals surface area contributed by atoms with E-state index in [1.54, 1.807) is 6.92 Å². The highest BCUT2D eigenvalue weighted by Gasteiger charge is 2.30. The summed E-state index contributed by atoms with van der Waals surface area (Å²) in [6, 6.07) is 0. The highest BCUT2D eigenvalue weighted by Crippen LogP contribution is 2.25. The molecule has 0 saturated heterocycles. The predicted molar refractivity (Wildman–Crippen MR) is 92.5 cm³/mol. The van der Waals surface area contributed by atoms with Crippen LogP contribution in [0.4, 0.5) is 0 Å². The topological polar surface area (TPSA) is 57.1 Å². The first-order valence-electron chi connectivity index (χ1n) is 9.12. The van der Waals surface area contributed by atoms with Crippen LogP contribution in [0.3, 0.4) is 0 Å². The fraction of sp³-hybridized carbons (Fsp3) is 1.00. The van der Waals surface area contributed by atoms with E-state index < -0.39 is 11.7 Å². The molecule has 3 nitrogen and oxygen atoms in total. The van der Waals surface area contributed by atoms with Crippen molar-refractivity contribution in [1.29, 1.82) is 0 Å². The van der Waals surface area contributed by atoms with Gasteiger partial charge in [-0.05, 0) is 19.8 Å². The molecule has 0 saturated carbocycles. The van der Waals surface area contributed by atoms with E-state index in [9.17, 15) is 10.2 Å². The van der Waals surface area contributed by atoms with E-state index in [2.05, 4.69) is 13.8 Å². The van der Waals surface area contributed by atoms with Crippen LogP contribution in [0.5, 0.6) is 0 Å². The third-order valence-electron chi connectivity index (χ3n) is 3.92. The number of aliphatic hydroxyl groups is 2. The average molecular weight is 340 g/mol. The Hall–Kier alpha value is 0.170. The Morgan fingerprint density at radius 2 is 1.23 bits per heavy atom. The molecular weight excluding hydrogens is 298 g/mol. The van der Waals surface area contributed by atoms with Gasteiger partial charge in [0.05, 0.1) is 25.8 Å². The second-order valence-corrected chi connectivity index (χ2v) is 6.33. The molecule has 138 valence electrons. The van der Waals surface area contributed by atoms with Gasteiger partial charge in [0.1, 0.15) is 0 Å². The maximum Gasteiger partial charge on any atom is 0.0902 e. The van der Waals surface area contributed by atoms with Gasteiger partial charge in [0.2, 0.25) is 0 Å². The lowest BCUT2D eigenvalue weighted by molar-refractivity contribution is -0.597. The molecule has 0 aliphatic rings. The number of aliphatic hydroxyl groups excluding tert-OH is 1. The van der Waals surface area contributed by atoms with Gasteiger partial charge < -0.3 is 27.9 Å². The van der Waals surface area contributed by atoms with Crippen molar-refractivity contribution in [1.82, 2.24) is 0 Å². The normalized spacial score (nSPS) is 14.3. The molecule has 0 spiro atoms. The number of hydrogen-bond donors (Lipinski definition) is 3. The fourth-order valence-electron chi connectivity index (χ4n) is 2.54. The maximum absolute atomic E-state index is 10.3. The van der Waals surface area contributed by atoms with Gasteiger partial charge in [-0.1, -0.05) is 71.6 Å². The van der Waals surface area contributed by atoms with Crippen molar-refractivity contribution in [2.75, 3.05) is 14.1 Å². The van der Waals surface area contributed by atoms with E-state index in [1.807, 2.05) is 19.4 Å². The Kier molecular flexibility index (Phi) is 23.6. The molecule has 0 amide bonds. The van der Waals surface area contributed by atoms with Crippen molar-refractivity contribution in [2.24, 2.45) is 0 Å². The lowest BCUT2D eigenvalue weighted by atomic mass is 9.86. The number of nitrogens with two attached hydrogens (primary N) is 1. The van der Waals surface area contributed by atoms with Crippen LogP contribution in [0.1, 0.15) is 91.4 Å². The Labute approximate surface area is 145 Å². The summed E-state index contributed by atoms with van der Waals surface area (Å²) in [5.74, 6) is 0. The molecule has 4 heteroatoms. The molecule has 22 heavy (non-hydrogen) atoms. The first kappa shape index (κ1) is 27.0. The quantitative estimate of drug-likeness (QED) is 0.446. The number of halogens is 1. The summed E-state index contributed by atoms with van der Waals surface area (Å²) in [6.45, 7) is 6.01. The molecule has 0 aromatic heterocycles. The molecule has 0 aromatic carbocycles. The molecule has 0 fully saturated rings. The minimum atomic E-state index is -0.850. The summed E-state index contributed by atoms with van der Waals surface area (Å²) in [7, 11) is 4.00. The van der Waals surface area contributed by atoms with E-state index in [4.69, 9.17) is 0 Å². The molecule has 4 N–H and O–H groups in total. The van der Waals surface area contributed by atoms with E-state index in [0.29, 0.717) is 6.42 Å². The van der Waals surface area contributed by atoms with Crippen LogP contribution in [0.15, 0.2) is 0 Å². The first-order chi connectivity index (χ1) is 9.98. The molecule has 0 aliphatic carbocycles. The highest BCUT2D eigenvalue weighted by atomic mass is 35.5. The Balaban J connectivity index is -0.000000827. The van der Waals surface area contributed by atoms with Crippen LogP contribution in [0.25, 0.3) is 0 Å². The van der Waals surface area contributed by atoms with Gasteiger partial charge in [0, 0.05) is 0 Å². The monoisotopic (exact) mass is 339 g/mol. The summed E-state index contributed by atoms with van der Waals surface area (Å²) in [4.78, 5) is 0. The first-order valence-corrected chi connectivity index (χ1v) is 9.12. The van der Waals surface area contributed by atoms with Crippen LogP contribution in [-0.2, 0) is 0 Å². The Bertz CT molecular complexity index is 204. The SMILES string of the molecule is CCCCCCCCCCC(O)(CCC)C(C)O.C[NH2+]C.[Cl-]. The molecule has 2 atom stereocenters. The summed E-state index contributed by atoms with van der Waals surface area (Å²) >= 11 is 0. The van der Waals surface area contributed by atoms with E-state index in [0.717, 1.165) is 19.3 Å².